The number of thioether (sulfide) groups is 1. The molecule has 152 valence electrons. The van der Waals surface area contributed by atoms with Crippen molar-refractivity contribution in [1.29, 1.82) is 0 Å². The molecule has 0 aliphatic heterocycles. The smallest absolute Gasteiger partial charge is 0.238 e. The highest BCUT2D eigenvalue weighted by atomic mass is 35.5. The molecule has 0 aliphatic carbocycles. The number of anilines is 1. The van der Waals surface area contributed by atoms with Crippen LogP contribution in [0.25, 0.3) is 17.3 Å². The van der Waals surface area contributed by atoms with E-state index >= 15 is 0 Å². The quantitative estimate of drug-likeness (QED) is 0.391. The fourth-order valence-electron chi connectivity index (χ4n) is 2.66. The monoisotopic (exact) mass is 459 g/mol. The molecule has 0 unspecified atom stereocenters. The second-order valence-corrected chi connectivity index (χ2v) is 8.34. The maximum absolute atomic E-state index is 12.7. The van der Waals surface area contributed by atoms with Crippen molar-refractivity contribution in [2.24, 2.45) is 0 Å². The van der Waals surface area contributed by atoms with Gasteiger partial charge in [0.15, 0.2) is 16.7 Å². The van der Waals surface area contributed by atoms with Gasteiger partial charge in [0.1, 0.15) is 0 Å². The first kappa shape index (κ1) is 20.5. The number of amides is 1. The summed E-state index contributed by atoms with van der Waals surface area (Å²) in [6.45, 7) is 1.76. The molecule has 10 heteroatoms. The zero-order valence-electron chi connectivity index (χ0n) is 15.6. The predicted octanol–water partition coefficient (Wildman–Crippen LogP) is 5.35. The fourth-order valence-corrected chi connectivity index (χ4v) is 3.95. The molecule has 1 aromatic carbocycles. The van der Waals surface area contributed by atoms with Gasteiger partial charge in [0.05, 0.1) is 21.6 Å². The summed E-state index contributed by atoms with van der Waals surface area (Å²) in [5.74, 6) is 1.09. The number of aromatic nitrogens is 4. The molecule has 0 saturated heterocycles. The minimum atomic E-state index is -0.505. The van der Waals surface area contributed by atoms with Gasteiger partial charge in [-0.3, -0.25) is 9.36 Å². The Bertz CT molecular complexity index is 1170. The molecule has 1 N–H and O–H groups in total. The number of benzene rings is 1. The topological polar surface area (TPSA) is 85.8 Å². The number of hydrogen-bond acceptors (Lipinski definition) is 6. The lowest BCUT2D eigenvalue weighted by Gasteiger charge is -2.13. The number of furan rings is 1. The number of nitrogens with one attached hydrogen (secondary N) is 1. The number of carbonyl (C=O) groups is 1. The molecule has 1 atom stereocenters. The SMILES string of the molecule is C[C@H](Sc1nnc(-c2ccco2)n1-c1ccccc1)C(=O)Nc1ncc(Cl)cc1Cl. The van der Waals surface area contributed by atoms with Crippen molar-refractivity contribution in [3.8, 4) is 17.3 Å². The van der Waals surface area contributed by atoms with Crippen LogP contribution in [0.1, 0.15) is 6.92 Å². The van der Waals surface area contributed by atoms with E-state index in [9.17, 15) is 4.79 Å². The first-order chi connectivity index (χ1) is 14.5. The van der Waals surface area contributed by atoms with Crippen molar-refractivity contribution in [2.75, 3.05) is 5.32 Å². The predicted molar refractivity (Wildman–Crippen MR) is 117 cm³/mol. The molecule has 4 aromatic rings. The molecule has 0 spiro atoms. The molecule has 0 fully saturated rings. The van der Waals surface area contributed by atoms with E-state index in [1.54, 1.807) is 19.3 Å². The molecule has 3 aromatic heterocycles. The second-order valence-electron chi connectivity index (χ2n) is 6.19. The van der Waals surface area contributed by atoms with E-state index in [2.05, 4.69) is 20.5 Å². The van der Waals surface area contributed by atoms with E-state index in [1.807, 2.05) is 41.0 Å². The number of hydrogen-bond donors (Lipinski definition) is 1. The number of para-hydroxylation sites is 1. The van der Waals surface area contributed by atoms with Crippen LogP contribution < -0.4 is 5.32 Å². The van der Waals surface area contributed by atoms with Gasteiger partial charge in [0, 0.05) is 11.9 Å². The van der Waals surface area contributed by atoms with Crippen molar-refractivity contribution < 1.29 is 9.21 Å². The maximum Gasteiger partial charge on any atom is 0.238 e. The Hall–Kier alpha value is -2.81. The van der Waals surface area contributed by atoms with Gasteiger partial charge in [0.25, 0.3) is 0 Å². The van der Waals surface area contributed by atoms with Gasteiger partial charge in [-0.15, -0.1) is 10.2 Å². The number of pyridine rings is 1. The summed E-state index contributed by atoms with van der Waals surface area (Å²) in [4.78, 5) is 16.8. The Labute approximate surface area is 186 Å². The third-order valence-corrected chi connectivity index (χ3v) is 5.63. The fraction of sp³-hybridized carbons (Fsp3) is 0.100. The van der Waals surface area contributed by atoms with Crippen molar-refractivity contribution in [2.45, 2.75) is 17.3 Å². The van der Waals surface area contributed by atoms with Gasteiger partial charge in [-0.25, -0.2) is 4.98 Å². The highest BCUT2D eigenvalue weighted by Crippen LogP contribution is 2.31. The molecule has 1 amide bonds. The van der Waals surface area contributed by atoms with Gasteiger partial charge in [0.2, 0.25) is 11.7 Å². The van der Waals surface area contributed by atoms with E-state index in [0.717, 1.165) is 5.69 Å². The lowest BCUT2D eigenvalue weighted by Crippen LogP contribution is -2.23. The summed E-state index contributed by atoms with van der Waals surface area (Å²) in [5, 5.41) is 12.0. The summed E-state index contributed by atoms with van der Waals surface area (Å²) in [7, 11) is 0. The summed E-state index contributed by atoms with van der Waals surface area (Å²) in [5.41, 5.74) is 0.853. The molecule has 0 radical (unpaired) electrons. The number of nitrogens with zero attached hydrogens (tertiary/aromatic N) is 4. The van der Waals surface area contributed by atoms with E-state index < -0.39 is 5.25 Å². The molecule has 7 nitrogen and oxygen atoms in total. The van der Waals surface area contributed by atoms with Gasteiger partial charge in [-0.2, -0.15) is 0 Å². The number of rotatable bonds is 6. The minimum absolute atomic E-state index is 0.249. The lowest BCUT2D eigenvalue weighted by molar-refractivity contribution is -0.115. The van der Waals surface area contributed by atoms with E-state index in [1.165, 1.54) is 24.0 Å². The van der Waals surface area contributed by atoms with Crippen LogP contribution in [0.4, 0.5) is 5.82 Å². The Morgan fingerprint density at radius 3 is 2.67 bits per heavy atom. The van der Waals surface area contributed by atoms with E-state index in [-0.39, 0.29) is 16.7 Å². The van der Waals surface area contributed by atoms with Gasteiger partial charge >= 0.3 is 0 Å². The highest BCUT2D eigenvalue weighted by Gasteiger charge is 2.23. The third kappa shape index (κ3) is 4.35. The highest BCUT2D eigenvalue weighted by molar-refractivity contribution is 8.00. The average molecular weight is 460 g/mol. The average Bonchev–Trinajstić information content (AvgIpc) is 3.40. The first-order valence-corrected chi connectivity index (χ1v) is 10.5. The van der Waals surface area contributed by atoms with Crippen LogP contribution in [0, 0.1) is 0 Å². The molecule has 0 aliphatic rings. The minimum Gasteiger partial charge on any atom is -0.461 e. The van der Waals surface area contributed by atoms with Gasteiger partial charge in [-0.05, 0) is 37.3 Å². The van der Waals surface area contributed by atoms with Crippen LogP contribution in [-0.2, 0) is 4.79 Å². The van der Waals surface area contributed by atoms with Crippen LogP contribution in [0.15, 0.2) is 70.6 Å². The maximum atomic E-state index is 12.7. The van der Waals surface area contributed by atoms with Crippen molar-refractivity contribution in [1.82, 2.24) is 19.7 Å². The van der Waals surface area contributed by atoms with Crippen molar-refractivity contribution >= 4 is 46.7 Å². The first-order valence-electron chi connectivity index (χ1n) is 8.86. The Morgan fingerprint density at radius 1 is 1.17 bits per heavy atom. The Kier molecular flexibility index (Phi) is 6.08. The van der Waals surface area contributed by atoms with Crippen LogP contribution in [0.2, 0.25) is 10.0 Å². The zero-order valence-corrected chi connectivity index (χ0v) is 17.9. The summed E-state index contributed by atoms with van der Waals surface area (Å²) >= 11 is 13.2. The van der Waals surface area contributed by atoms with Crippen LogP contribution >= 0.6 is 35.0 Å². The van der Waals surface area contributed by atoms with Gasteiger partial charge in [-0.1, -0.05) is 53.2 Å². The lowest BCUT2D eigenvalue weighted by atomic mass is 10.3. The summed E-state index contributed by atoms with van der Waals surface area (Å²) in [6.07, 6.45) is 2.99. The molecule has 0 bridgehead atoms. The third-order valence-electron chi connectivity index (χ3n) is 4.09. The van der Waals surface area contributed by atoms with Crippen LogP contribution in [0.3, 0.4) is 0 Å². The largest absolute Gasteiger partial charge is 0.461 e. The zero-order chi connectivity index (χ0) is 21.1. The standard InChI is InChI=1S/C20H15Cl2N5O2S/c1-12(19(28)24-17-15(22)10-13(21)11-23-17)30-20-26-25-18(16-8-5-9-29-16)27(20)14-6-3-2-4-7-14/h2-12H,1H3,(H,23,24,28)/t12-/m0/s1. The summed E-state index contributed by atoms with van der Waals surface area (Å²) in [6, 6.07) is 14.7. The molecule has 4 rings (SSSR count). The molecular weight excluding hydrogens is 445 g/mol. The molecule has 30 heavy (non-hydrogen) atoms. The van der Waals surface area contributed by atoms with Crippen molar-refractivity contribution in [3.63, 3.8) is 0 Å². The normalized spacial score (nSPS) is 12.0. The van der Waals surface area contributed by atoms with Crippen LogP contribution in [0.5, 0.6) is 0 Å². The number of halogens is 2. The summed E-state index contributed by atoms with van der Waals surface area (Å²) < 4.78 is 7.35. The molecule has 3 heterocycles. The van der Waals surface area contributed by atoms with Crippen LogP contribution in [-0.4, -0.2) is 30.9 Å². The number of carbonyl (C=O) groups excluding carboxylic acids is 1. The van der Waals surface area contributed by atoms with E-state index in [0.29, 0.717) is 21.8 Å². The molecular formula is C20H15Cl2N5O2S. The molecule has 0 saturated carbocycles. The Balaban J connectivity index is 1.60. The van der Waals surface area contributed by atoms with Gasteiger partial charge < -0.3 is 9.73 Å². The van der Waals surface area contributed by atoms with E-state index in [4.69, 9.17) is 27.6 Å². The van der Waals surface area contributed by atoms with Crippen molar-refractivity contribution in [3.05, 3.63) is 71.0 Å². The second kappa shape index (κ2) is 8.91. The Morgan fingerprint density at radius 2 is 1.97 bits per heavy atom.